The molecule has 0 radical (unpaired) electrons. The van der Waals surface area contributed by atoms with Gasteiger partial charge in [0.05, 0.1) is 6.04 Å². The fourth-order valence-corrected chi connectivity index (χ4v) is 1.33. The van der Waals surface area contributed by atoms with Crippen LogP contribution in [-0.2, 0) is 11.2 Å². The first-order valence-electron chi connectivity index (χ1n) is 4.54. The number of hydrogen-bond acceptors (Lipinski definition) is 2. The third-order valence-corrected chi connectivity index (χ3v) is 2.18. The summed E-state index contributed by atoms with van der Waals surface area (Å²) in [6, 6.07) is 9.21. The van der Waals surface area contributed by atoms with Gasteiger partial charge in [-0.05, 0) is 12.0 Å². The van der Waals surface area contributed by atoms with Gasteiger partial charge in [-0.15, -0.1) is 0 Å². The molecule has 0 amide bonds. The monoisotopic (exact) mass is 189 g/mol. The van der Waals surface area contributed by atoms with Gasteiger partial charge in [0.25, 0.3) is 0 Å². The first-order chi connectivity index (χ1) is 6.61. The highest BCUT2D eigenvalue weighted by molar-refractivity contribution is 6.26. The predicted octanol–water partition coefficient (Wildman–Crippen LogP) is -0.919. The van der Waals surface area contributed by atoms with E-state index in [4.69, 9.17) is 5.11 Å². The Morgan fingerprint density at radius 1 is 1.36 bits per heavy atom. The van der Waals surface area contributed by atoms with Crippen molar-refractivity contribution in [3.05, 3.63) is 35.9 Å². The van der Waals surface area contributed by atoms with Gasteiger partial charge in [0, 0.05) is 0 Å². The van der Waals surface area contributed by atoms with Gasteiger partial charge in [-0.2, -0.15) is 0 Å². The molecule has 0 fully saturated rings. The van der Waals surface area contributed by atoms with Crippen LogP contribution in [0, 0.1) is 0 Å². The number of nitrogens with zero attached hydrogens (tertiary/aromatic N) is 1. The Bertz CT molecular complexity index is 303. The van der Waals surface area contributed by atoms with Gasteiger partial charge in [0.1, 0.15) is 0 Å². The van der Waals surface area contributed by atoms with E-state index < -0.39 is 12.0 Å². The summed E-state index contributed by atoms with van der Waals surface area (Å²) in [5.41, 5.74) is 1.05. The van der Waals surface area contributed by atoms with E-state index in [1.165, 1.54) is 0 Å². The van der Waals surface area contributed by atoms with E-state index in [9.17, 15) is 4.79 Å². The molecule has 0 aliphatic carbocycles. The minimum Gasteiger partial charge on any atom is -0.480 e. The molecule has 1 aromatic rings. The largest absolute Gasteiger partial charge is 0.480 e. The van der Waals surface area contributed by atoms with Crippen molar-refractivity contribution in [2.75, 3.05) is 0 Å². The average Bonchev–Trinajstić information content (AvgIpc) is 2.15. The number of carboxylic acids is 1. The van der Waals surface area contributed by atoms with Crippen LogP contribution in [0.25, 0.3) is 0 Å². The van der Waals surface area contributed by atoms with Gasteiger partial charge < -0.3 is 9.83 Å². The maximum Gasteiger partial charge on any atom is 0.319 e. The third-order valence-electron chi connectivity index (χ3n) is 2.18. The zero-order valence-electron chi connectivity index (χ0n) is 8.47. The average molecular weight is 189 g/mol. The van der Waals surface area contributed by atoms with Gasteiger partial charge in [-0.1, -0.05) is 30.3 Å². The molecular formula is C9H13B2NO2. The van der Waals surface area contributed by atoms with Crippen LogP contribution >= 0.6 is 0 Å². The molecule has 1 N–H and O–H groups in total. The SMILES string of the molecule is BN(B)[C@@H](Cc1ccccc1)C(=O)O. The van der Waals surface area contributed by atoms with E-state index in [-0.39, 0.29) is 0 Å². The summed E-state index contributed by atoms with van der Waals surface area (Å²) in [5, 5.41) is 8.96. The molecule has 0 spiro atoms. The molecule has 14 heavy (non-hydrogen) atoms. The van der Waals surface area contributed by atoms with Crippen molar-refractivity contribution in [1.82, 2.24) is 4.72 Å². The summed E-state index contributed by atoms with van der Waals surface area (Å²) in [5.74, 6) is -0.779. The zero-order chi connectivity index (χ0) is 10.6. The van der Waals surface area contributed by atoms with E-state index in [2.05, 4.69) is 0 Å². The molecule has 0 saturated carbocycles. The van der Waals surface area contributed by atoms with Crippen LogP contribution in [0.3, 0.4) is 0 Å². The number of rotatable bonds is 4. The summed E-state index contributed by atoms with van der Waals surface area (Å²) in [4.78, 5) is 10.9. The lowest BCUT2D eigenvalue weighted by atomic mass is 9.98. The highest BCUT2D eigenvalue weighted by Crippen LogP contribution is 2.06. The van der Waals surface area contributed by atoms with E-state index >= 15 is 0 Å². The molecule has 0 saturated heterocycles. The molecule has 5 heteroatoms. The Labute approximate surface area is 85.6 Å². The number of hydrogen-bond donors (Lipinski definition) is 1. The molecule has 1 rings (SSSR count). The van der Waals surface area contributed by atoms with E-state index in [0.29, 0.717) is 6.42 Å². The number of benzene rings is 1. The van der Waals surface area contributed by atoms with Gasteiger partial charge in [-0.25, -0.2) is 0 Å². The summed E-state index contributed by atoms with van der Waals surface area (Å²) >= 11 is 0. The summed E-state index contributed by atoms with van der Waals surface area (Å²) in [6.45, 7) is 0. The molecule has 0 aliphatic heterocycles. The van der Waals surface area contributed by atoms with E-state index in [1.54, 1.807) is 20.7 Å². The number of carboxylic acid groups (broad SMARTS) is 1. The van der Waals surface area contributed by atoms with Crippen molar-refractivity contribution in [3.63, 3.8) is 0 Å². The second-order valence-electron chi connectivity index (χ2n) is 3.51. The Morgan fingerprint density at radius 2 is 1.93 bits per heavy atom. The minimum absolute atomic E-state index is 0.447. The molecule has 0 heterocycles. The number of carbonyl (C=O) groups is 1. The van der Waals surface area contributed by atoms with Crippen molar-refractivity contribution in [2.24, 2.45) is 0 Å². The van der Waals surface area contributed by atoms with Gasteiger partial charge in [0.2, 0.25) is 0 Å². The fourth-order valence-electron chi connectivity index (χ4n) is 1.33. The fraction of sp³-hybridized carbons (Fsp3) is 0.222. The molecule has 1 aromatic carbocycles. The topological polar surface area (TPSA) is 40.5 Å². The molecule has 3 nitrogen and oxygen atoms in total. The Hall–Kier alpha value is -1.22. The lowest BCUT2D eigenvalue weighted by molar-refractivity contribution is -0.140. The summed E-state index contributed by atoms with van der Waals surface area (Å²) < 4.78 is 1.72. The first kappa shape index (κ1) is 10.9. The minimum atomic E-state index is -0.779. The molecule has 0 unspecified atom stereocenters. The second-order valence-corrected chi connectivity index (χ2v) is 3.51. The maximum atomic E-state index is 10.9. The normalized spacial score (nSPS) is 12.6. The van der Waals surface area contributed by atoms with Crippen molar-refractivity contribution in [2.45, 2.75) is 12.5 Å². The molecule has 0 bridgehead atoms. The van der Waals surface area contributed by atoms with Gasteiger partial charge in [0.15, 0.2) is 16.0 Å². The van der Waals surface area contributed by atoms with Crippen molar-refractivity contribution < 1.29 is 9.90 Å². The quantitative estimate of drug-likeness (QED) is 0.622. The summed E-state index contributed by atoms with van der Waals surface area (Å²) in [7, 11) is 3.56. The van der Waals surface area contributed by atoms with Crippen LogP contribution in [0.5, 0.6) is 0 Å². The van der Waals surface area contributed by atoms with Crippen molar-refractivity contribution >= 4 is 21.9 Å². The molecular weight excluding hydrogens is 176 g/mol. The standard InChI is InChI=1S/C9H13B2NO2/c10-12(11)8(9(13)14)6-7-4-2-1-3-5-7/h1-5,8H,6,10-11H2,(H,13,14)/t8-/m0/s1. The van der Waals surface area contributed by atoms with E-state index in [1.807, 2.05) is 30.3 Å². The summed E-state index contributed by atoms with van der Waals surface area (Å²) in [6.07, 6.45) is 0.545. The predicted molar refractivity (Wildman–Crippen MR) is 60.5 cm³/mol. The first-order valence-corrected chi connectivity index (χ1v) is 4.54. The van der Waals surface area contributed by atoms with Crippen LogP contribution in [0.2, 0.25) is 0 Å². The van der Waals surface area contributed by atoms with E-state index in [0.717, 1.165) is 5.56 Å². The van der Waals surface area contributed by atoms with Gasteiger partial charge in [-0.3, -0.25) is 4.79 Å². The Balaban J connectivity index is 2.70. The molecule has 1 atom stereocenters. The molecule has 0 aromatic heterocycles. The van der Waals surface area contributed by atoms with Crippen LogP contribution < -0.4 is 0 Å². The van der Waals surface area contributed by atoms with Crippen LogP contribution in [-0.4, -0.2) is 37.8 Å². The lowest BCUT2D eigenvalue weighted by Gasteiger charge is -2.20. The molecule has 0 aliphatic rings. The van der Waals surface area contributed by atoms with Crippen molar-refractivity contribution in [1.29, 1.82) is 0 Å². The van der Waals surface area contributed by atoms with Crippen LogP contribution in [0.15, 0.2) is 30.3 Å². The molecule has 72 valence electrons. The second kappa shape index (κ2) is 4.86. The zero-order valence-corrected chi connectivity index (χ0v) is 8.47. The lowest BCUT2D eigenvalue weighted by Crippen LogP contribution is -2.39. The maximum absolute atomic E-state index is 10.9. The van der Waals surface area contributed by atoms with Gasteiger partial charge >= 0.3 is 5.97 Å². The number of aliphatic carboxylic acids is 1. The van der Waals surface area contributed by atoms with Crippen LogP contribution in [0.1, 0.15) is 5.56 Å². The third kappa shape index (κ3) is 2.92. The highest BCUT2D eigenvalue weighted by Gasteiger charge is 2.18. The Morgan fingerprint density at radius 3 is 2.36 bits per heavy atom. The highest BCUT2D eigenvalue weighted by atomic mass is 16.4. The smallest absolute Gasteiger partial charge is 0.319 e. The van der Waals surface area contributed by atoms with Crippen LogP contribution in [0.4, 0.5) is 0 Å². The Kier molecular flexibility index (Phi) is 3.77. The van der Waals surface area contributed by atoms with Crippen molar-refractivity contribution in [3.8, 4) is 0 Å².